The van der Waals surface area contributed by atoms with Crippen LogP contribution in [-0.2, 0) is 10.2 Å². The maximum Gasteiger partial charge on any atom is 0.232 e. The minimum Gasteiger partial charge on any atom is -0.497 e. The summed E-state index contributed by atoms with van der Waals surface area (Å²) in [5, 5.41) is 0.587. The van der Waals surface area contributed by atoms with Gasteiger partial charge >= 0.3 is 0 Å². The topological polar surface area (TPSA) is 64.8 Å². The molecule has 1 aliphatic heterocycles. The van der Waals surface area contributed by atoms with Gasteiger partial charge in [-0.1, -0.05) is 72.3 Å². The van der Waals surface area contributed by atoms with Crippen LogP contribution in [0.5, 0.6) is 11.5 Å². The van der Waals surface area contributed by atoms with Gasteiger partial charge in [-0.3, -0.25) is 9.69 Å². The van der Waals surface area contributed by atoms with Crippen LogP contribution >= 0.6 is 11.6 Å². The van der Waals surface area contributed by atoms with Gasteiger partial charge in [-0.2, -0.15) is 0 Å². The lowest BCUT2D eigenvalue weighted by atomic mass is 9.69. The average molecular weight is 507 g/mol. The summed E-state index contributed by atoms with van der Waals surface area (Å²) in [5.74, 6) is 1.07. The number of amides is 1. The van der Waals surface area contributed by atoms with Crippen molar-refractivity contribution in [1.82, 2.24) is 4.90 Å². The number of ether oxygens (including phenoxy) is 2. The van der Waals surface area contributed by atoms with Gasteiger partial charge in [0, 0.05) is 29.7 Å². The van der Waals surface area contributed by atoms with Gasteiger partial charge in [-0.15, -0.1) is 0 Å². The standard InChI is InChI=1S/C30H35ClN2O3/c1-29(2,33-17-14-25(21-33)36-27-19-24(31)18-26(20-27)35-3)15-16-30(28(32)34,22-10-6-4-7-11-22)23-12-8-5-9-13-23/h4-13,18-20,25H,14-17,21H2,1-3H3,(H2,32,34). The number of hydrogen-bond donors (Lipinski definition) is 1. The molecular weight excluding hydrogens is 472 g/mol. The SMILES string of the molecule is COc1cc(Cl)cc(OC2CCN(C(C)(C)CCC(C(N)=O)(c3ccccc3)c3ccccc3)C2)c1. The average Bonchev–Trinajstić information content (AvgIpc) is 3.34. The molecule has 0 aliphatic carbocycles. The fourth-order valence-corrected chi connectivity index (χ4v) is 5.46. The second-order valence-corrected chi connectivity index (χ2v) is 10.6. The van der Waals surface area contributed by atoms with Gasteiger partial charge in [-0.05, 0) is 56.4 Å². The van der Waals surface area contributed by atoms with E-state index in [9.17, 15) is 4.79 Å². The molecule has 3 aromatic rings. The lowest BCUT2D eigenvalue weighted by molar-refractivity contribution is -0.122. The number of nitrogens with zero attached hydrogens (tertiary/aromatic N) is 1. The Morgan fingerprint density at radius 3 is 2.11 bits per heavy atom. The van der Waals surface area contributed by atoms with E-state index < -0.39 is 5.41 Å². The number of benzene rings is 3. The zero-order valence-electron chi connectivity index (χ0n) is 21.2. The quantitative estimate of drug-likeness (QED) is 0.375. The minimum absolute atomic E-state index is 0.0524. The third-order valence-corrected chi connectivity index (χ3v) is 7.67. The van der Waals surface area contributed by atoms with Crippen molar-refractivity contribution in [2.45, 2.75) is 50.2 Å². The molecule has 4 rings (SSSR count). The highest BCUT2D eigenvalue weighted by Crippen LogP contribution is 2.40. The molecule has 1 atom stereocenters. The van der Waals surface area contributed by atoms with Gasteiger partial charge < -0.3 is 15.2 Å². The number of primary amides is 1. The predicted molar refractivity (Wildman–Crippen MR) is 145 cm³/mol. The largest absolute Gasteiger partial charge is 0.497 e. The lowest BCUT2D eigenvalue weighted by Gasteiger charge is -2.40. The van der Waals surface area contributed by atoms with Crippen LogP contribution in [0.3, 0.4) is 0 Å². The van der Waals surface area contributed by atoms with Crippen molar-refractivity contribution < 1.29 is 14.3 Å². The maximum atomic E-state index is 13.2. The van der Waals surface area contributed by atoms with Crippen molar-refractivity contribution in [2.75, 3.05) is 20.2 Å². The number of likely N-dealkylation sites (tertiary alicyclic amines) is 1. The molecular formula is C30H35ClN2O3. The highest BCUT2D eigenvalue weighted by Gasteiger charge is 2.43. The van der Waals surface area contributed by atoms with Crippen molar-refractivity contribution >= 4 is 17.5 Å². The zero-order valence-corrected chi connectivity index (χ0v) is 22.0. The zero-order chi connectivity index (χ0) is 25.8. The van der Waals surface area contributed by atoms with Crippen LogP contribution in [0.1, 0.15) is 44.2 Å². The lowest BCUT2D eigenvalue weighted by Crippen LogP contribution is -2.47. The van der Waals surface area contributed by atoms with E-state index in [2.05, 4.69) is 18.7 Å². The van der Waals surface area contributed by atoms with E-state index in [1.165, 1.54) is 0 Å². The van der Waals surface area contributed by atoms with E-state index >= 15 is 0 Å². The molecule has 190 valence electrons. The Hall–Kier alpha value is -3.02. The van der Waals surface area contributed by atoms with Gasteiger partial charge in [0.25, 0.3) is 0 Å². The molecule has 0 aromatic heterocycles. The molecule has 5 nitrogen and oxygen atoms in total. The molecule has 1 fully saturated rings. The van der Waals surface area contributed by atoms with Crippen molar-refractivity contribution in [1.29, 1.82) is 0 Å². The first-order valence-corrected chi connectivity index (χ1v) is 12.8. The minimum atomic E-state index is -0.896. The van der Waals surface area contributed by atoms with Crippen LogP contribution < -0.4 is 15.2 Å². The Kier molecular flexibility index (Phi) is 7.91. The van der Waals surface area contributed by atoms with E-state index in [1.807, 2.05) is 72.8 Å². The maximum absolute atomic E-state index is 13.2. The monoisotopic (exact) mass is 506 g/mol. The summed E-state index contributed by atoms with van der Waals surface area (Å²) < 4.78 is 11.6. The second kappa shape index (κ2) is 10.9. The van der Waals surface area contributed by atoms with Crippen LogP contribution in [0.2, 0.25) is 5.02 Å². The molecule has 1 saturated heterocycles. The fraction of sp³-hybridized carbons (Fsp3) is 0.367. The first kappa shape index (κ1) is 26.1. The van der Waals surface area contributed by atoms with E-state index in [-0.39, 0.29) is 17.6 Å². The summed E-state index contributed by atoms with van der Waals surface area (Å²) >= 11 is 6.22. The third kappa shape index (κ3) is 5.53. The fourth-order valence-electron chi connectivity index (χ4n) is 5.25. The number of carbonyl (C=O) groups is 1. The summed E-state index contributed by atoms with van der Waals surface area (Å²) in [6, 6.07) is 25.3. The predicted octanol–water partition coefficient (Wildman–Crippen LogP) is 5.83. The van der Waals surface area contributed by atoms with Crippen LogP contribution in [-0.4, -0.2) is 42.6 Å². The smallest absolute Gasteiger partial charge is 0.232 e. The van der Waals surface area contributed by atoms with Gasteiger partial charge in [0.2, 0.25) is 5.91 Å². The summed E-state index contributed by atoms with van der Waals surface area (Å²) in [4.78, 5) is 15.6. The highest BCUT2D eigenvalue weighted by atomic mass is 35.5. The second-order valence-electron chi connectivity index (χ2n) is 10.1. The molecule has 1 unspecified atom stereocenters. The molecule has 6 heteroatoms. The molecule has 0 bridgehead atoms. The number of rotatable bonds is 10. The Morgan fingerprint density at radius 2 is 1.56 bits per heavy atom. The van der Waals surface area contributed by atoms with Crippen LogP contribution in [0.15, 0.2) is 78.9 Å². The van der Waals surface area contributed by atoms with Crippen molar-refractivity contribution in [2.24, 2.45) is 5.73 Å². The van der Waals surface area contributed by atoms with E-state index in [1.54, 1.807) is 13.2 Å². The van der Waals surface area contributed by atoms with Gasteiger partial charge in [0.15, 0.2) is 0 Å². The highest BCUT2D eigenvalue weighted by molar-refractivity contribution is 6.30. The Balaban J connectivity index is 1.51. The van der Waals surface area contributed by atoms with Gasteiger partial charge in [-0.25, -0.2) is 0 Å². The number of halogens is 1. The molecule has 1 heterocycles. The Morgan fingerprint density at radius 1 is 0.972 bits per heavy atom. The number of methoxy groups -OCH3 is 1. The summed E-state index contributed by atoms with van der Waals surface area (Å²) in [7, 11) is 1.62. The molecule has 0 radical (unpaired) electrons. The van der Waals surface area contributed by atoms with Crippen molar-refractivity contribution in [3.05, 3.63) is 95.0 Å². The third-order valence-electron chi connectivity index (χ3n) is 7.45. The molecule has 0 saturated carbocycles. The molecule has 1 amide bonds. The molecule has 36 heavy (non-hydrogen) atoms. The molecule has 3 aromatic carbocycles. The Bertz CT molecular complexity index is 1130. The number of nitrogens with two attached hydrogens (primary N) is 1. The summed E-state index contributed by atoms with van der Waals surface area (Å²) in [6.07, 6.45) is 2.36. The van der Waals surface area contributed by atoms with E-state index in [4.69, 9.17) is 26.8 Å². The van der Waals surface area contributed by atoms with Crippen molar-refractivity contribution in [3.8, 4) is 11.5 Å². The van der Waals surface area contributed by atoms with Gasteiger partial charge in [0.05, 0.1) is 12.5 Å². The van der Waals surface area contributed by atoms with E-state index in [0.717, 1.165) is 37.1 Å². The summed E-state index contributed by atoms with van der Waals surface area (Å²) in [5.41, 5.74) is 6.97. The molecule has 0 spiro atoms. The molecule has 2 N–H and O–H groups in total. The first-order chi connectivity index (χ1) is 17.2. The normalized spacial score (nSPS) is 16.6. The van der Waals surface area contributed by atoms with Crippen LogP contribution in [0, 0.1) is 0 Å². The van der Waals surface area contributed by atoms with Gasteiger partial charge in [0.1, 0.15) is 17.6 Å². The Labute approximate surface area is 219 Å². The number of carbonyl (C=O) groups excluding carboxylic acids is 1. The number of hydrogen-bond acceptors (Lipinski definition) is 4. The summed E-state index contributed by atoms with van der Waals surface area (Å²) in [6.45, 7) is 6.18. The van der Waals surface area contributed by atoms with Crippen molar-refractivity contribution in [3.63, 3.8) is 0 Å². The molecule has 1 aliphatic rings. The van der Waals surface area contributed by atoms with Crippen LogP contribution in [0.25, 0.3) is 0 Å². The van der Waals surface area contributed by atoms with E-state index in [0.29, 0.717) is 22.9 Å². The van der Waals surface area contributed by atoms with Crippen LogP contribution in [0.4, 0.5) is 0 Å². The first-order valence-electron chi connectivity index (χ1n) is 12.4.